The number of ether oxygens (including phenoxy) is 1. The number of rotatable bonds is 2. The SMILES string of the molecule is Cc1cc(F)ccc1-n1nc(C(F)(F)F)cc1-c1ccc2c(c1C)NC(=O)CO2. The van der Waals surface area contributed by atoms with E-state index < -0.39 is 17.7 Å². The molecule has 1 amide bonds. The molecule has 2 heterocycles. The van der Waals surface area contributed by atoms with Crippen molar-refractivity contribution in [1.29, 1.82) is 0 Å². The van der Waals surface area contributed by atoms with Crippen molar-refractivity contribution in [1.82, 2.24) is 9.78 Å². The van der Waals surface area contributed by atoms with Gasteiger partial charge in [0.2, 0.25) is 0 Å². The first-order valence-electron chi connectivity index (χ1n) is 8.65. The van der Waals surface area contributed by atoms with Gasteiger partial charge in [-0.15, -0.1) is 0 Å². The lowest BCUT2D eigenvalue weighted by Gasteiger charge is -2.22. The minimum Gasteiger partial charge on any atom is -0.482 e. The van der Waals surface area contributed by atoms with Crippen LogP contribution in [-0.2, 0) is 11.0 Å². The summed E-state index contributed by atoms with van der Waals surface area (Å²) >= 11 is 0. The topological polar surface area (TPSA) is 56.2 Å². The van der Waals surface area contributed by atoms with Crippen LogP contribution in [0.1, 0.15) is 16.8 Å². The second-order valence-electron chi connectivity index (χ2n) is 6.70. The number of nitrogens with zero attached hydrogens (tertiary/aromatic N) is 2. The molecule has 0 radical (unpaired) electrons. The molecule has 4 rings (SSSR count). The second-order valence-corrected chi connectivity index (χ2v) is 6.70. The summed E-state index contributed by atoms with van der Waals surface area (Å²) in [5, 5.41) is 6.43. The van der Waals surface area contributed by atoms with Gasteiger partial charge in [-0.1, -0.05) is 0 Å². The summed E-state index contributed by atoms with van der Waals surface area (Å²) in [6, 6.07) is 7.89. The summed E-state index contributed by atoms with van der Waals surface area (Å²) in [5.41, 5.74) is 1.19. The van der Waals surface area contributed by atoms with Crippen molar-refractivity contribution in [3.05, 3.63) is 59.0 Å². The summed E-state index contributed by atoms with van der Waals surface area (Å²) in [6.45, 7) is 3.13. The Hall–Kier alpha value is -3.36. The van der Waals surface area contributed by atoms with Crippen molar-refractivity contribution < 1.29 is 27.1 Å². The highest BCUT2D eigenvalue weighted by atomic mass is 19.4. The minimum absolute atomic E-state index is 0.128. The van der Waals surface area contributed by atoms with Crippen LogP contribution in [0, 0.1) is 19.7 Å². The van der Waals surface area contributed by atoms with Crippen LogP contribution in [0.25, 0.3) is 16.9 Å². The lowest BCUT2D eigenvalue weighted by molar-refractivity contribution is -0.141. The average molecular weight is 405 g/mol. The van der Waals surface area contributed by atoms with Gasteiger partial charge in [0.25, 0.3) is 5.91 Å². The molecule has 0 atom stereocenters. The molecule has 1 aromatic heterocycles. The average Bonchev–Trinajstić information content (AvgIpc) is 3.08. The minimum atomic E-state index is -4.66. The van der Waals surface area contributed by atoms with Gasteiger partial charge < -0.3 is 10.1 Å². The van der Waals surface area contributed by atoms with Gasteiger partial charge in [0.05, 0.1) is 17.1 Å². The van der Waals surface area contributed by atoms with E-state index in [0.29, 0.717) is 33.8 Å². The van der Waals surface area contributed by atoms with E-state index in [1.165, 1.54) is 12.1 Å². The van der Waals surface area contributed by atoms with Crippen LogP contribution in [0.4, 0.5) is 23.2 Å². The number of anilines is 1. The Labute approximate surface area is 162 Å². The molecule has 0 spiro atoms. The number of alkyl halides is 3. The highest BCUT2D eigenvalue weighted by Gasteiger charge is 2.36. The van der Waals surface area contributed by atoms with Crippen LogP contribution in [0.15, 0.2) is 36.4 Å². The first-order valence-corrected chi connectivity index (χ1v) is 8.65. The number of hydrogen-bond donors (Lipinski definition) is 1. The van der Waals surface area contributed by atoms with Gasteiger partial charge in [0, 0.05) is 5.56 Å². The van der Waals surface area contributed by atoms with Crippen LogP contribution >= 0.6 is 0 Å². The fraction of sp³-hybridized carbons (Fsp3) is 0.200. The molecule has 0 saturated carbocycles. The molecule has 0 unspecified atom stereocenters. The third-order valence-corrected chi connectivity index (χ3v) is 4.71. The molecular weight excluding hydrogens is 390 g/mol. The summed E-state index contributed by atoms with van der Waals surface area (Å²) in [6.07, 6.45) is -4.66. The van der Waals surface area contributed by atoms with E-state index in [-0.39, 0.29) is 18.2 Å². The van der Waals surface area contributed by atoms with Gasteiger partial charge in [-0.3, -0.25) is 4.79 Å². The molecule has 0 bridgehead atoms. The number of hydrogen-bond acceptors (Lipinski definition) is 3. The standard InChI is InChI=1S/C20H15F4N3O2/c1-10-7-12(21)3-5-14(10)27-15(8-17(26-27)20(22,23)24)13-4-6-16-19(11(13)2)25-18(28)9-29-16/h3-8H,9H2,1-2H3,(H,25,28). The van der Waals surface area contributed by atoms with E-state index in [9.17, 15) is 22.4 Å². The molecule has 1 N–H and O–H groups in total. The van der Waals surface area contributed by atoms with Crippen LogP contribution in [0.3, 0.4) is 0 Å². The second kappa shape index (κ2) is 6.61. The predicted molar refractivity (Wildman–Crippen MR) is 97.6 cm³/mol. The maximum absolute atomic E-state index is 13.5. The Morgan fingerprint density at radius 1 is 1.14 bits per heavy atom. The van der Waals surface area contributed by atoms with Crippen molar-refractivity contribution in [2.75, 3.05) is 11.9 Å². The molecule has 2 aromatic carbocycles. The smallest absolute Gasteiger partial charge is 0.435 e. The van der Waals surface area contributed by atoms with Crippen molar-refractivity contribution in [3.8, 4) is 22.7 Å². The van der Waals surface area contributed by atoms with Crippen LogP contribution in [0.2, 0.25) is 0 Å². The molecule has 29 heavy (non-hydrogen) atoms. The lowest BCUT2D eigenvalue weighted by Crippen LogP contribution is -2.26. The van der Waals surface area contributed by atoms with Crippen molar-refractivity contribution in [3.63, 3.8) is 0 Å². The fourth-order valence-corrected chi connectivity index (χ4v) is 3.31. The van der Waals surface area contributed by atoms with Crippen molar-refractivity contribution in [2.24, 2.45) is 0 Å². The predicted octanol–water partition coefficient (Wildman–Crippen LogP) is 4.64. The number of halogens is 4. The number of benzene rings is 2. The number of aryl methyl sites for hydroxylation is 1. The van der Waals surface area contributed by atoms with E-state index in [4.69, 9.17) is 4.74 Å². The first kappa shape index (κ1) is 19.0. The molecular formula is C20H15F4N3O2. The number of amides is 1. The van der Waals surface area contributed by atoms with Gasteiger partial charge in [-0.2, -0.15) is 18.3 Å². The van der Waals surface area contributed by atoms with Crippen LogP contribution in [0.5, 0.6) is 5.75 Å². The van der Waals surface area contributed by atoms with E-state index >= 15 is 0 Å². The number of carbonyl (C=O) groups excluding carboxylic acids is 1. The maximum atomic E-state index is 13.5. The highest BCUT2D eigenvalue weighted by molar-refractivity contribution is 5.97. The molecule has 0 fully saturated rings. The number of fused-ring (bicyclic) bond motifs is 1. The number of nitrogens with one attached hydrogen (secondary N) is 1. The normalized spacial score (nSPS) is 13.7. The summed E-state index contributed by atoms with van der Waals surface area (Å²) in [7, 11) is 0. The van der Waals surface area contributed by atoms with E-state index in [1.54, 1.807) is 26.0 Å². The Morgan fingerprint density at radius 2 is 1.90 bits per heavy atom. The third kappa shape index (κ3) is 3.32. The van der Waals surface area contributed by atoms with Gasteiger partial charge >= 0.3 is 6.18 Å². The molecule has 150 valence electrons. The molecule has 0 aliphatic carbocycles. The number of aromatic nitrogens is 2. The van der Waals surface area contributed by atoms with Crippen LogP contribution in [-0.4, -0.2) is 22.3 Å². The molecule has 5 nitrogen and oxygen atoms in total. The lowest BCUT2D eigenvalue weighted by atomic mass is 10.0. The van der Waals surface area contributed by atoms with Gasteiger partial charge in [-0.05, 0) is 61.4 Å². The van der Waals surface area contributed by atoms with Crippen molar-refractivity contribution >= 4 is 11.6 Å². The van der Waals surface area contributed by atoms with Crippen molar-refractivity contribution in [2.45, 2.75) is 20.0 Å². The molecule has 1 aliphatic rings. The third-order valence-electron chi connectivity index (χ3n) is 4.71. The molecule has 9 heteroatoms. The zero-order valence-corrected chi connectivity index (χ0v) is 15.4. The molecule has 3 aromatic rings. The Balaban J connectivity index is 1.95. The first-order chi connectivity index (χ1) is 13.6. The van der Waals surface area contributed by atoms with E-state index in [2.05, 4.69) is 10.4 Å². The van der Waals surface area contributed by atoms with Gasteiger partial charge in [0.1, 0.15) is 11.6 Å². The summed E-state index contributed by atoms with van der Waals surface area (Å²) in [5.74, 6) is -0.414. The van der Waals surface area contributed by atoms with Crippen LogP contribution < -0.4 is 10.1 Å². The molecule has 0 saturated heterocycles. The quantitative estimate of drug-likeness (QED) is 0.632. The van der Waals surface area contributed by atoms with Gasteiger partial charge in [0.15, 0.2) is 12.3 Å². The Morgan fingerprint density at radius 3 is 2.59 bits per heavy atom. The number of carbonyl (C=O) groups is 1. The fourth-order valence-electron chi connectivity index (χ4n) is 3.31. The summed E-state index contributed by atoms with van der Waals surface area (Å²) in [4.78, 5) is 11.7. The van der Waals surface area contributed by atoms with E-state index in [0.717, 1.165) is 16.8 Å². The largest absolute Gasteiger partial charge is 0.482 e. The summed E-state index contributed by atoms with van der Waals surface area (Å²) < 4.78 is 60.2. The molecule has 1 aliphatic heterocycles. The monoisotopic (exact) mass is 405 g/mol. The van der Waals surface area contributed by atoms with Gasteiger partial charge in [-0.25, -0.2) is 9.07 Å². The zero-order valence-electron chi connectivity index (χ0n) is 15.4. The van der Waals surface area contributed by atoms with E-state index in [1.807, 2.05) is 0 Å². The Kier molecular flexibility index (Phi) is 4.33. The Bertz CT molecular complexity index is 1140. The highest BCUT2D eigenvalue weighted by Crippen LogP contribution is 2.40. The zero-order chi connectivity index (χ0) is 20.9. The maximum Gasteiger partial charge on any atom is 0.435 e.